The molecule has 0 saturated carbocycles. The molecule has 21 heavy (non-hydrogen) atoms. The van der Waals surface area contributed by atoms with Crippen LogP contribution in [0.25, 0.3) is 11.2 Å². The first-order valence-corrected chi connectivity index (χ1v) is 7.78. The number of anilines is 1. The number of nitrogens with one attached hydrogen (secondary N) is 2. The fraction of sp³-hybridized carbons (Fsp3) is 0.0833. The molecule has 7 nitrogen and oxygen atoms in total. The molecule has 0 atom stereocenters. The predicted octanol–water partition coefficient (Wildman–Crippen LogP) is 2.12. The zero-order valence-electron chi connectivity index (χ0n) is 10.8. The first kappa shape index (κ1) is 13.8. The van der Waals surface area contributed by atoms with Crippen LogP contribution in [0.2, 0.25) is 5.15 Å². The van der Waals surface area contributed by atoms with Gasteiger partial charge in [0.2, 0.25) is 5.95 Å². The highest BCUT2D eigenvalue weighted by molar-refractivity contribution is 7.92. The second-order valence-electron chi connectivity index (χ2n) is 4.31. The number of aryl methyl sites for hydroxylation is 1. The highest BCUT2D eigenvalue weighted by Crippen LogP contribution is 2.21. The molecule has 108 valence electrons. The van der Waals surface area contributed by atoms with Crippen LogP contribution in [0.4, 0.5) is 5.95 Å². The van der Waals surface area contributed by atoms with Gasteiger partial charge in [0.15, 0.2) is 10.8 Å². The molecule has 9 heteroatoms. The van der Waals surface area contributed by atoms with Crippen LogP contribution in [0.3, 0.4) is 0 Å². The van der Waals surface area contributed by atoms with Crippen LogP contribution in [-0.2, 0) is 10.0 Å². The quantitative estimate of drug-likeness (QED) is 0.719. The lowest BCUT2D eigenvalue weighted by Crippen LogP contribution is -2.16. The van der Waals surface area contributed by atoms with Crippen molar-refractivity contribution < 1.29 is 8.42 Å². The molecule has 0 bridgehead atoms. The zero-order valence-corrected chi connectivity index (χ0v) is 12.4. The third-order valence-electron chi connectivity index (χ3n) is 2.85. The Hall–Kier alpha value is -2.19. The number of sulfonamides is 1. The Labute approximate surface area is 125 Å². The maximum atomic E-state index is 12.3. The number of H-pyrrole nitrogens is 1. The van der Waals surface area contributed by atoms with E-state index in [1.807, 2.05) is 0 Å². The third kappa shape index (κ3) is 2.55. The van der Waals surface area contributed by atoms with Gasteiger partial charge in [-0.25, -0.2) is 18.1 Å². The van der Waals surface area contributed by atoms with Gasteiger partial charge >= 0.3 is 0 Å². The van der Waals surface area contributed by atoms with Crippen molar-refractivity contribution in [1.82, 2.24) is 19.9 Å². The second-order valence-corrected chi connectivity index (χ2v) is 6.32. The van der Waals surface area contributed by atoms with Gasteiger partial charge in [0.1, 0.15) is 5.52 Å². The number of rotatable bonds is 3. The second kappa shape index (κ2) is 4.97. The molecule has 0 aliphatic rings. The summed E-state index contributed by atoms with van der Waals surface area (Å²) in [6.45, 7) is 1.71. The Balaban J connectivity index is 2.03. The summed E-state index contributed by atoms with van der Waals surface area (Å²) in [5, 5.41) is 0.0972. The maximum absolute atomic E-state index is 12.3. The van der Waals surface area contributed by atoms with Gasteiger partial charge in [-0.2, -0.15) is 9.97 Å². The molecule has 3 rings (SSSR count). The largest absolute Gasteiger partial charge is 0.341 e. The van der Waals surface area contributed by atoms with E-state index in [0.717, 1.165) is 0 Å². The summed E-state index contributed by atoms with van der Waals surface area (Å²) in [7, 11) is -3.78. The Morgan fingerprint density at radius 2 is 2.00 bits per heavy atom. The van der Waals surface area contributed by atoms with Gasteiger partial charge in [0.25, 0.3) is 10.0 Å². The van der Waals surface area contributed by atoms with Crippen molar-refractivity contribution in [3.8, 4) is 0 Å². The predicted molar refractivity (Wildman–Crippen MR) is 78.7 cm³/mol. The molecule has 2 N–H and O–H groups in total. The van der Waals surface area contributed by atoms with Crippen LogP contribution in [0.5, 0.6) is 0 Å². The van der Waals surface area contributed by atoms with E-state index in [4.69, 9.17) is 11.6 Å². The van der Waals surface area contributed by atoms with Gasteiger partial charge in [-0.1, -0.05) is 29.8 Å². The van der Waals surface area contributed by atoms with Crippen LogP contribution in [0.1, 0.15) is 5.56 Å². The minimum absolute atomic E-state index is 0.0972. The third-order valence-corrected chi connectivity index (χ3v) is 4.61. The number of aromatic nitrogens is 4. The number of benzene rings is 1. The van der Waals surface area contributed by atoms with E-state index in [1.165, 1.54) is 12.4 Å². The van der Waals surface area contributed by atoms with Gasteiger partial charge in [-0.3, -0.25) is 0 Å². The lowest BCUT2D eigenvalue weighted by atomic mass is 10.2. The SMILES string of the molecule is Cc1ccccc1S(=O)(=O)Nc1nc(Cl)c2[nH]cnc2n1. The van der Waals surface area contributed by atoms with Crippen LogP contribution in [-0.4, -0.2) is 28.4 Å². The van der Waals surface area contributed by atoms with Crippen molar-refractivity contribution in [1.29, 1.82) is 0 Å². The smallest absolute Gasteiger partial charge is 0.264 e. The summed E-state index contributed by atoms with van der Waals surface area (Å²) in [5.41, 5.74) is 1.37. The summed E-state index contributed by atoms with van der Waals surface area (Å²) >= 11 is 5.95. The number of aromatic amines is 1. The number of hydrogen-bond acceptors (Lipinski definition) is 5. The summed E-state index contributed by atoms with van der Waals surface area (Å²) in [6.07, 6.45) is 1.41. The fourth-order valence-corrected chi connectivity index (χ4v) is 3.29. The van der Waals surface area contributed by atoms with E-state index >= 15 is 0 Å². The molecule has 2 aromatic heterocycles. The van der Waals surface area contributed by atoms with Crippen molar-refractivity contribution in [2.75, 3.05) is 4.72 Å². The minimum atomic E-state index is -3.78. The molecule has 0 saturated heterocycles. The number of imidazole rings is 1. The molecule has 0 aliphatic heterocycles. The molecule has 0 spiro atoms. The highest BCUT2D eigenvalue weighted by atomic mass is 35.5. The van der Waals surface area contributed by atoms with Gasteiger partial charge in [-0.05, 0) is 18.6 Å². The number of nitrogens with zero attached hydrogens (tertiary/aromatic N) is 3. The molecule has 0 fully saturated rings. The lowest BCUT2D eigenvalue weighted by Gasteiger charge is -2.08. The Kier molecular flexibility index (Phi) is 3.26. The van der Waals surface area contributed by atoms with Crippen molar-refractivity contribution in [3.63, 3.8) is 0 Å². The highest BCUT2D eigenvalue weighted by Gasteiger charge is 2.19. The average molecular weight is 324 g/mol. The van der Waals surface area contributed by atoms with E-state index in [1.54, 1.807) is 25.1 Å². The molecular weight excluding hydrogens is 314 g/mol. The fourth-order valence-electron chi connectivity index (χ4n) is 1.88. The van der Waals surface area contributed by atoms with Crippen molar-refractivity contribution in [2.45, 2.75) is 11.8 Å². The first-order valence-electron chi connectivity index (χ1n) is 5.92. The van der Waals surface area contributed by atoms with Gasteiger partial charge < -0.3 is 4.98 Å². The Morgan fingerprint density at radius 3 is 2.76 bits per heavy atom. The molecular formula is C12H10ClN5O2S. The normalized spacial score (nSPS) is 11.7. The standard InChI is InChI=1S/C12H10ClN5O2S/c1-7-4-2-3-5-8(7)21(19,20)18-12-16-10(13)9-11(17-12)15-6-14-9/h2-6H,1H3,(H2,14,15,16,17,18). The van der Waals surface area contributed by atoms with E-state index in [2.05, 4.69) is 24.7 Å². The molecule has 1 aromatic carbocycles. The van der Waals surface area contributed by atoms with E-state index < -0.39 is 10.0 Å². The van der Waals surface area contributed by atoms with Crippen molar-refractivity contribution in [3.05, 3.63) is 41.3 Å². The Morgan fingerprint density at radius 1 is 1.24 bits per heavy atom. The molecule has 0 amide bonds. The first-order chi connectivity index (χ1) is 9.97. The van der Waals surface area contributed by atoms with Crippen LogP contribution < -0.4 is 4.72 Å². The molecule has 0 aliphatic carbocycles. The molecule has 2 heterocycles. The van der Waals surface area contributed by atoms with E-state index in [0.29, 0.717) is 11.1 Å². The van der Waals surface area contributed by atoms with Crippen LogP contribution >= 0.6 is 11.6 Å². The van der Waals surface area contributed by atoms with E-state index in [-0.39, 0.29) is 21.6 Å². The summed E-state index contributed by atoms with van der Waals surface area (Å²) in [4.78, 5) is 14.8. The summed E-state index contributed by atoms with van der Waals surface area (Å²) in [6, 6.07) is 6.62. The van der Waals surface area contributed by atoms with Crippen LogP contribution in [0.15, 0.2) is 35.5 Å². The van der Waals surface area contributed by atoms with Gasteiger partial charge in [-0.15, -0.1) is 0 Å². The Bertz CT molecular complexity index is 922. The summed E-state index contributed by atoms with van der Waals surface area (Å²) in [5.74, 6) is -0.122. The summed E-state index contributed by atoms with van der Waals surface area (Å²) < 4.78 is 27.0. The molecule has 0 radical (unpaired) electrons. The monoisotopic (exact) mass is 323 g/mol. The topological polar surface area (TPSA) is 101 Å². The van der Waals surface area contributed by atoms with E-state index in [9.17, 15) is 8.42 Å². The van der Waals surface area contributed by atoms with Crippen molar-refractivity contribution in [2.24, 2.45) is 0 Å². The number of hydrogen-bond donors (Lipinski definition) is 2. The van der Waals surface area contributed by atoms with Gasteiger partial charge in [0.05, 0.1) is 11.2 Å². The molecule has 0 unspecified atom stereocenters. The van der Waals surface area contributed by atoms with Crippen LogP contribution in [0, 0.1) is 6.92 Å². The minimum Gasteiger partial charge on any atom is -0.341 e. The van der Waals surface area contributed by atoms with Crippen molar-refractivity contribution >= 4 is 38.7 Å². The number of fused-ring (bicyclic) bond motifs is 1. The lowest BCUT2D eigenvalue weighted by molar-refractivity contribution is 0.600. The zero-order chi connectivity index (χ0) is 15.0. The molecule has 3 aromatic rings. The van der Waals surface area contributed by atoms with Gasteiger partial charge in [0, 0.05) is 0 Å². The maximum Gasteiger partial charge on any atom is 0.264 e. The average Bonchev–Trinajstić information content (AvgIpc) is 2.87. The number of halogens is 1.